The molecule has 1 heterocycles. The Hall–Kier alpha value is -1.94. The van der Waals surface area contributed by atoms with Crippen molar-refractivity contribution in [2.75, 3.05) is 5.32 Å². The van der Waals surface area contributed by atoms with Gasteiger partial charge in [0.25, 0.3) is 0 Å². The number of hydrogen-bond acceptors (Lipinski definition) is 2. The van der Waals surface area contributed by atoms with Gasteiger partial charge in [0.2, 0.25) is 0 Å². The van der Waals surface area contributed by atoms with Gasteiger partial charge in [-0.25, -0.2) is 4.39 Å². The van der Waals surface area contributed by atoms with E-state index in [1.165, 1.54) is 6.07 Å². The van der Waals surface area contributed by atoms with E-state index < -0.39 is 0 Å². The number of rotatable bonds is 3. The molecule has 0 saturated heterocycles. The number of fused-ring (bicyclic) bond motifs is 1. The summed E-state index contributed by atoms with van der Waals surface area (Å²) in [6, 6.07) is 12.9. The smallest absolute Gasteiger partial charge is 0.123 e. The quantitative estimate of drug-likeness (QED) is 0.718. The Bertz CT molecular complexity index is 802. The molecule has 0 fully saturated rings. The molecule has 0 saturated carbocycles. The minimum absolute atomic E-state index is 0.201. The van der Waals surface area contributed by atoms with E-state index in [1.807, 2.05) is 37.3 Å². The zero-order valence-corrected chi connectivity index (χ0v) is 13.1. The SMILES string of the molecule is Cc1cc(F)ccc1CNc1cccc2cc(Br)cnc12. The van der Waals surface area contributed by atoms with E-state index in [9.17, 15) is 4.39 Å². The molecule has 0 aliphatic heterocycles. The van der Waals surface area contributed by atoms with Crippen LogP contribution in [0.25, 0.3) is 10.9 Å². The summed E-state index contributed by atoms with van der Waals surface area (Å²) in [5.41, 5.74) is 3.92. The number of pyridine rings is 1. The molecule has 1 aromatic heterocycles. The van der Waals surface area contributed by atoms with Gasteiger partial charge < -0.3 is 5.32 Å². The van der Waals surface area contributed by atoms with Crippen LogP contribution >= 0.6 is 15.9 Å². The Kier molecular flexibility index (Phi) is 3.88. The number of para-hydroxylation sites is 1. The molecule has 1 N–H and O–H groups in total. The first kappa shape index (κ1) is 14.0. The van der Waals surface area contributed by atoms with Crippen LogP contribution in [0.2, 0.25) is 0 Å². The maximum atomic E-state index is 13.1. The van der Waals surface area contributed by atoms with Crippen LogP contribution in [0.4, 0.5) is 10.1 Å². The highest BCUT2D eigenvalue weighted by Gasteiger charge is 2.04. The van der Waals surface area contributed by atoms with Gasteiger partial charge in [-0.3, -0.25) is 4.98 Å². The van der Waals surface area contributed by atoms with E-state index in [2.05, 4.69) is 26.2 Å². The molecule has 3 rings (SSSR count). The predicted molar refractivity (Wildman–Crippen MR) is 87.9 cm³/mol. The number of anilines is 1. The van der Waals surface area contributed by atoms with Crippen molar-refractivity contribution in [2.45, 2.75) is 13.5 Å². The van der Waals surface area contributed by atoms with Crippen LogP contribution in [0.1, 0.15) is 11.1 Å². The van der Waals surface area contributed by atoms with Gasteiger partial charge >= 0.3 is 0 Å². The van der Waals surface area contributed by atoms with Crippen LogP contribution in [-0.2, 0) is 6.54 Å². The molecule has 0 aliphatic carbocycles. The van der Waals surface area contributed by atoms with Crippen LogP contribution < -0.4 is 5.32 Å². The Balaban J connectivity index is 1.88. The van der Waals surface area contributed by atoms with Crippen LogP contribution in [0.15, 0.2) is 53.1 Å². The molecule has 0 bridgehead atoms. The topological polar surface area (TPSA) is 24.9 Å². The summed E-state index contributed by atoms with van der Waals surface area (Å²) in [5, 5.41) is 4.46. The highest BCUT2D eigenvalue weighted by molar-refractivity contribution is 9.10. The Morgan fingerprint density at radius 2 is 2.05 bits per heavy atom. The average molecular weight is 345 g/mol. The molecule has 2 aromatic carbocycles. The maximum absolute atomic E-state index is 13.1. The second-order valence-electron chi connectivity index (χ2n) is 4.96. The molecule has 0 spiro atoms. The van der Waals surface area contributed by atoms with E-state index in [4.69, 9.17) is 0 Å². The third kappa shape index (κ3) is 3.05. The zero-order valence-electron chi connectivity index (χ0n) is 11.5. The molecule has 0 aliphatic rings. The highest BCUT2D eigenvalue weighted by atomic mass is 79.9. The van der Waals surface area contributed by atoms with E-state index >= 15 is 0 Å². The van der Waals surface area contributed by atoms with Crippen molar-refractivity contribution in [1.82, 2.24) is 4.98 Å². The zero-order chi connectivity index (χ0) is 14.8. The van der Waals surface area contributed by atoms with Crippen molar-refractivity contribution >= 4 is 32.5 Å². The van der Waals surface area contributed by atoms with Gasteiger partial charge in [-0.05, 0) is 58.2 Å². The first-order valence-corrected chi connectivity index (χ1v) is 7.46. The molecule has 3 aromatic rings. The number of nitrogens with zero attached hydrogens (tertiary/aromatic N) is 1. The second kappa shape index (κ2) is 5.82. The maximum Gasteiger partial charge on any atom is 0.123 e. The van der Waals surface area contributed by atoms with Gasteiger partial charge in [0.15, 0.2) is 0 Å². The summed E-state index contributed by atoms with van der Waals surface area (Å²) in [5.74, 6) is -0.201. The minimum Gasteiger partial charge on any atom is -0.379 e. The van der Waals surface area contributed by atoms with Crippen molar-refractivity contribution in [3.63, 3.8) is 0 Å². The summed E-state index contributed by atoms with van der Waals surface area (Å²) >= 11 is 3.43. The summed E-state index contributed by atoms with van der Waals surface area (Å²) in [7, 11) is 0. The molecular formula is C17H14BrFN2. The van der Waals surface area contributed by atoms with Crippen LogP contribution in [0.5, 0.6) is 0 Å². The summed E-state index contributed by atoms with van der Waals surface area (Å²) in [4.78, 5) is 4.46. The lowest BCUT2D eigenvalue weighted by molar-refractivity contribution is 0.625. The first-order chi connectivity index (χ1) is 10.1. The Labute approximate surface area is 131 Å². The molecule has 4 heteroatoms. The molecule has 0 radical (unpaired) electrons. The third-order valence-electron chi connectivity index (χ3n) is 3.45. The van der Waals surface area contributed by atoms with Crippen molar-refractivity contribution in [1.29, 1.82) is 0 Å². The fraction of sp³-hybridized carbons (Fsp3) is 0.118. The van der Waals surface area contributed by atoms with Crippen molar-refractivity contribution in [3.05, 3.63) is 70.1 Å². The van der Waals surface area contributed by atoms with Gasteiger partial charge in [-0.15, -0.1) is 0 Å². The summed E-state index contributed by atoms with van der Waals surface area (Å²) in [6.45, 7) is 2.56. The minimum atomic E-state index is -0.201. The average Bonchev–Trinajstić information content (AvgIpc) is 2.46. The Morgan fingerprint density at radius 1 is 1.19 bits per heavy atom. The molecule has 21 heavy (non-hydrogen) atoms. The van der Waals surface area contributed by atoms with Crippen molar-refractivity contribution < 1.29 is 4.39 Å². The molecule has 0 atom stereocenters. The summed E-state index contributed by atoms with van der Waals surface area (Å²) in [6.07, 6.45) is 1.79. The fourth-order valence-corrected chi connectivity index (χ4v) is 2.67. The fourth-order valence-electron chi connectivity index (χ4n) is 2.32. The molecule has 0 unspecified atom stereocenters. The number of aryl methyl sites for hydroxylation is 1. The van der Waals surface area contributed by atoms with E-state index in [-0.39, 0.29) is 5.82 Å². The van der Waals surface area contributed by atoms with Gasteiger partial charge in [0, 0.05) is 22.6 Å². The van der Waals surface area contributed by atoms with Gasteiger partial charge in [0.1, 0.15) is 5.82 Å². The largest absolute Gasteiger partial charge is 0.379 e. The third-order valence-corrected chi connectivity index (χ3v) is 3.89. The standard InChI is InChI=1S/C17H14BrFN2/c1-11-7-15(19)6-5-13(11)9-20-16-4-2-3-12-8-14(18)10-21-17(12)16/h2-8,10,20H,9H2,1H3. The monoisotopic (exact) mass is 344 g/mol. The van der Waals surface area contributed by atoms with E-state index in [1.54, 1.807) is 12.3 Å². The van der Waals surface area contributed by atoms with Gasteiger partial charge in [-0.2, -0.15) is 0 Å². The lowest BCUT2D eigenvalue weighted by Gasteiger charge is -2.11. The number of halogens is 2. The van der Waals surface area contributed by atoms with Crippen LogP contribution in [-0.4, -0.2) is 4.98 Å². The van der Waals surface area contributed by atoms with Crippen molar-refractivity contribution in [3.8, 4) is 0 Å². The molecule has 2 nitrogen and oxygen atoms in total. The molecule has 0 amide bonds. The van der Waals surface area contributed by atoms with Crippen LogP contribution in [0.3, 0.4) is 0 Å². The van der Waals surface area contributed by atoms with Crippen LogP contribution in [0, 0.1) is 12.7 Å². The lowest BCUT2D eigenvalue weighted by atomic mass is 10.1. The van der Waals surface area contributed by atoms with Gasteiger partial charge in [0.05, 0.1) is 11.2 Å². The highest BCUT2D eigenvalue weighted by Crippen LogP contribution is 2.24. The normalized spacial score (nSPS) is 10.8. The number of benzene rings is 2. The number of aromatic nitrogens is 1. The lowest BCUT2D eigenvalue weighted by Crippen LogP contribution is -2.02. The molecular weight excluding hydrogens is 331 g/mol. The first-order valence-electron chi connectivity index (χ1n) is 6.66. The second-order valence-corrected chi connectivity index (χ2v) is 5.87. The van der Waals surface area contributed by atoms with Crippen molar-refractivity contribution in [2.24, 2.45) is 0 Å². The number of nitrogens with one attached hydrogen (secondary N) is 1. The van der Waals surface area contributed by atoms with E-state index in [0.29, 0.717) is 6.54 Å². The molecule has 106 valence electrons. The van der Waals surface area contributed by atoms with E-state index in [0.717, 1.165) is 32.2 Å². The summed E-state index contributed by atoms with van der Waals surface area (Å²) < 4.78 is 14.1. The predicted octanol–water partition coefficient (Wildman–Crippen LogP) is 5.06. The Morgan fingerprint density at radius 3 is 2.86 bits per heavy atom. The van der Waals surface area contributed by atoms with Gasteiger partial charge in [-0.1, -0.05) is 18.2 Å². The number of hydrogen-bond donors (Lipinski definition) is 1.